The zero-order chi connectivity index (χ0) is 21.2. The van der Waals surface area contributed by atoms with Crippen LogP contribution in [0.15, 0.2) is 60.7 Å². The minimum atomic E-state index is -0.260. The molecule has 0 spiro atoms. The maximum Gasteiger partial charge on any atom is 0.246 e. The molecule has 162 valence electrons. The van der Waals surface area contributed by atoms with Gasteiger partial charge in [-0.2, -0.15) is 0 Å². The molecule has 3 rings (SSSR count). The van der Waals surface area contributed by atoms with E-state index >= 15 is 0 Å². The summed E-state index contributed by atoms with van der Waals surface area (Å²) in [4.78, 5) is 15.0. The Labute approximate surface area is 180 Å². The van der Waals surface area contributed by atoms with Gasteiger partial charge in [0.25, 0.3) is 0 Å². The van der Waals surface area contributed by atoms with Crippen molar-refractivity contribution in [3.05, 3.63) is 71.8 Å². The summed E-state index contributed by atoms with van der Waals surface area (Å²) in [6.07, 6.45) is 0.793. The number of ether oxygens (including phenoxy) is 2. The zero-order valence-electron chi connectivity index (χ0n) is 18.1. The third-order valence-electron chi connectivity index (χ3n) is 5.43. The number of carbonyl (C=O) groups is 1. The number of rotatable bonds is 10. The molecule has 1 heterocycles. The lowest BCUT2D eigenvalue weighted by atomic mass is 10.0. The monoisotopic (exact) mass is 410 g/mol. The molecule has 2 aromatic carbocycles. The van der Waals surface area contributed by atoms with Gasteiger partial charge in [-0.05, 0) is 23.5 Å². The van der Waals surface area contributed by atoms with Crippen LogP contribution in [-0.2, 0) is 14.3 Å². The first-order chi connectivity index (χ1) is 14.6. The van der Waals surface area contributed by atoms with Crippen LogP contribution in [0.25, 0.3) is 0 Å². The standard InChI is InChI=1S/C25H34N2O3/c1-20(2)17-23(27-13-15-29-16-14-27)18-26-24(28)19-30-25(21-9-5-3-6-10-21)22-11-7-4-8-12-22/h3-12,20,23,25H,13-19H2,1-2H3,(H,26,28)/t23-/m1/s1. The van der Waals surface area contributed by atoms with Crippen LogP contribution >= 0.6 is 0 Å². The first-order valence-electron chi connectivity index (χ1n) is 10.9. The van der Waals surface area contributed by atoms with Crippen molar-refractivity contribution in [2.75, 3.05) is 39.5 Å². The van der Waals surface area contributed by atoms with E-state index in [9.17, 15) is 4.79 Å². The van der Waals surface area contributed by atoms with Gasteiger partial charge in [-0.3, -0.25) is 9.69 Å². The van der Waals surface area contributed by atoms with Gasteiger partial charge >= 0.3 is 0 Å². The second-order valence-corrected chi connectivity index (χ2v) is 8.25. The molecule has 0 radical (unpaired) electrons. The molecule has 5 nitrogen and oxygen atoms in total. The molecule has 5 heteroatoms. The molecule has 1 fully saturated rings. The van der Waals surface area contributed by atoms with Gasteiger partial charge in [0.1, 0.15) is 12.7 Å². The van der Waals surface area contributed by atoms with Crippen LogP contribution in [0, 0.1) is 5.92 Å². The maximum atomic E-state index is 12.6. The smallest absolute Gasteiger partial charge is 0.246 e. The van der Waals surface area contributed by atoms with Gasteiger partial charge in [-0.1, -0.05) is 74.5 Å². The van der Waals surface area contributed by atoms with Gasteiger partial charge in [0.2, 0.25) is 5.91 Å². The lowest BCUT2D eigenvalue weighted by Crippen LogP contribution is -2.49. The lowest BCUT2D eigenvalue weighted by Gasteiger charge is -2.35. The number of hydrogen-bond donors (Lipinski definition) is 1. The van der Waals surface area contributed by atoms with Gasteiger partial charge < -0.3 is 14.8 Å². The quantitative estimate of drug-likeness (QED) is 0.650. The molecule has 30 heavy (non-hydrogen) atoms. The number of nitrogens with one attached hydrogen (secondary N) is 1. The third kappa shape index (κ3) is 6.94. The van der Waals surface area contributed by atoms with E-state index in [1.54, 1.807) is 0 Å². The molecule has 0 saturated carbocycles. The van der Waals surface area contributed by atoms with Gasteiger partial charge in [0, 0.05) is 25.7 Å². The summed E-state index contributed by atoms with van der Waals surface area (Å²) in [6, 6.07) is 20.4. The first kappa shape index (κ1) is 22.5. The van der Waals surface area contributed by atoms with Gasteiger partial charge in [-0.25, -0.2) is 0 Å². The van der Waals surface area contributed by atoms with Gasteiger partial charge in [-0.15, -0.1) is 0 Å². The van der Waals surface area contributed by atoms with E-state index in [1.807, 2.05) is 60.7 Å². The Morgan fingerprint density at radius 1 is 1.00 bits per heavy atom. The Morgan fingerprint density at radius 2 is 1.57 bits per heavy atom. The molecule has 1 aliphatic heterocycles. The van der Waals surface area contributed by atoms with E-state index in [2.05, 4.69) is 24.1 Å². The molecule has 0 bridgehead atoms. The Kier molecular flexibility index (Phi) is 8.87. The van der Waals surface area contributed by atoms with Crippen LogP contribution in [0.3, 0.4) is 0 Å². The van der Waals surface area contributed by atoms with Crippen molar-refractivity contribution >= 4 is 5.91 Å². The molecule has 1 saturated heterocycles. The van der Waals surface area contributed by atoms with Crippen molar-refractivity contribution in [1.82, 2.24) is 10.2 Å². The molecule has 0 aromatic heterocycles. The highest BCUT2D eigenvalue weighted by Crippen LogP contribution is 2.25. The summed E-state index contributed by atoms with van der Waals surface area (Å²) in [5, 5.41) is 3.10. The molecule has 1 atom stereocenters. The van der Waals surface area contributed by atoms with E-state index in [0.717, 1.165) is 43.9 Å². The average molecular weight is 411 g/mol. The number of morpholine rings is 1. The predicted octanol–water partition coefficient (Wildman–Crippen LogP) is 3.66. The second kappa shape index (κ2) is 11.8. The number of amides is 1. The fourth-order valence-corrected chi connectivity index (χ4v) is 3.93. The molecule has 2 aromatic rings. The third-order valence-corrected chi connectivity index (χ3v) is 5.43. The molecular formula is C25H34N2O3. The normalized spacial score (nSPS) is 16.0. The fraction of sp³-hybridized carbons (Fsp3) is 0.480. The molecule has 1 amide bonds. The average Bonchev–Trinajstić information content (AvgIpc) is 2.78. The molecule has 0 aliphatic carbocycles. The van der Waals surface area contributed by atoms with E-state index in [1.165, 1.54) is 0 Å². The predicted molar refractivity (Wildman–Crippen MR) is 119 cm³/mol. The van der Waals surface area contributed by atoms with Gasteiger partial charge in [0.05, 0.1) is 13.2 Å². The summed E-state index contributed by atoms with van der Waals surface area (Å²) >= 11 is 0. The Morgan fingerprint density at radius 3 is 2.10 bits per heavy atom. The minimum Gasteiger partial charge on any atom is -0.379 e. The van der Waals surface area contributed by atoms with Crippen molar-refractivity contribution in [3.8, 4) is 0 Å². The van der Waals surface area contributed by atoms with Crippen molar-refractivity contribution in [1.29, 1.82) is 0 Å². The second-order valence-electron chi connectivity index (χ2n) is 8.25. The highest BCUT2D eigenvalue weighted by Gasteiger charge is 2.23. The van der Waals surface area contributed by atoms with Crippen LogP contribution in [0.5, 0.6) is 0 Å². The molecule has 1 aliphatic rings. The summed E-state index contributed by atoms with van der Waals surface area (Å²) in [7, 11) is 0. The molecule has 1 N–H and O–H groups in total. The lowest BCUT2D eigenvalue weighted by molar-refractivity contribution is -0.127. The Bertz CT molecular complexity index is 706. The topological polar surface area (TPSA) is 50.8 Å². The SMILES string of the molecule is CC(C)C[C@H](CNC(=O)COC(c1ccccc1)c1ccccc1)N1CCOCC1. The highest BCUT2D eigenvalue weighted by molar-refractivity contribution is 5.77. The van der Waals surface area contributed by atoms with Crippen LogP contribution < -0.4 is 5.32 Å². The van der Waals surface area contributed by atoms with Crippen molar-refractivity contribution < 1.29 is 14.3 Å². The van der Waals surface area contributed by atoms with Crippen molar-refractivity contribution in [2.45, 2.75) is 32.4 Å². The molecular weight excluding hydrogens is 376 g/mol. The summed E-state index contributed by atoms with van der Waals surface area (Å²) in [5.41, 5.74) is 2.09. The largest absolute Gasteiger partial charge is 0.379 e. The van der Waals surface area contributed by atoms with E-state index < -0.39 is 0 Å². The number of nitrogens with zero attached hydrogens (tertiary/aromatic N) is 1. The fourth-order valence-electron chi connectivity index (χ4n) is 3.93. The van der Waals surface area contributed by atoms with Crippen LogP contribution in [0.2, 0.25) is 0 Å². The van der Waals surface area contributed by atoms with Crippen LogP contribution in [0.4, 0.5) is 0 Å². The Balaban J connectivity index is 1.57. The maximum absolute atomic E-state index is 12.6. The van der Waals surface area contributed by atoms with Crippen molar-refractivity contribution in [2.24, 2.45) is 5.92 Å². The van der Waals surface area contributed by atoms with E-state index in [0.29, 0.717) is 18.5 Å². The van der Waals surface area contributed by atoms with Crippen molar-refractivity contribution in [3.63, 3.8) is 0 Å². The highest BCUT2D eigenvalue weighted by atomic mass is 16.5. The number of benzene rings is 2. The van der Waals surface area contributed by atoms with Gasteiger partial charge in [0.15, 0.2) is 0 Å². The Hall–Kier alpha value is -2.21. The summed E-state index contributed by atoms with van der Waals surface area (Å²) < 4.78 is 11.6. The number of hydrogen-bond acceptors (Lipinski definition) is 4. The van der Waals surface area contributed by atoms with E-state index in [-0.39, 0.29) is 18.6 Å². The summed E-state index contributed by atoms with van der Waals surface area (Å²) in [6.45, 7) is 8.50. The minimum absolute atomic E-state index is 0.0337. The summed E-state index contributed by atoms with van der Waals surface area (Å²) in [5.74, 6) is 0.500. The first-order valence-corrected chi connectivity index (χ1v) is 10.9. The van der Waals surface area contributed by atoms with Crippen LogP contribution in [0.1, 0.15) is 37.5 Å². The van der Waals surface area contributed by atoms with E-state index in [4.69, 9.17) is 9.47 Å². The molecule has 0 unspecified atom stereocenters. The zero-order valence-corrected chi connectivity index (χ0v) is 18.1. The number of carbonyl (C=O) groups excluding carboxylic acids is 1. The van der Waals surface area contributed by atoms with Crippen LogP contribution in [-0.4, -0.2) is 56.3 Å².